The first kappa shape index (κ1) is 8.48. The van der Waals surface area contributed by atoms with Crippen LogP contribution in [-0.2, 0) is 9.59 Å². The minimum absolute atomic E-state index is 0.138. The number of nitrogens with two attached hydrogens (primary N) is 2. The number of amides is 2. The average Bonchev–Trinajstić information content (AvgIpc) is 1.82. The van der Waals surface area contributed by atoms with Gasteiger partial charge in [0, 0.05) is 0 Å². The van der Waals surface area contributed by atoms with E-state index in [1.165, 1.54) is 0 Å². The van der Waals surface area contributed by atoms with E-state index in [0.29, 0.717) is 0 Å². The van der Waals surface area contributed by atoms with Crippen LogP contribution in [0.4, 0.5) is 0 Å². The number of hydrogen-bond acceptors (Lipinski definition) is 3. The lowest BCUT2D eigenvalue weighted by Crippen LogP contribution is -2.35. The minimum Gasteiger partial charge on any atom is -0.395 e. The van der Waals surface area contributed by atoms with Crippen LogP contribution in [0.15, 0.2) is 12.3 Å². The smallest absolute Gasteiger partial charge is 0.266 e. The molecular formula is C5H9N3O2. The Morgan fingerprint density at radius 1 is 1.40 bits per heavy atom. The van der Waals surface area contributed by atoms with Gasteiger partial charge in [0.1, 0.15) is 0 Å². The van der Waals surface area contributed by atoms with Gasteiger partial charge in [-0.15, -0.1) is 0 Å². The van der Waals surface area contributed by atoms with E-state index in [0.717, 1.165) is 0 Å². The first-order chi connectivity index (χ1) is 4.54. The first-order valence-corrected chi connectivity index (χ1v) is 2.55. The van der Waals surface area contributed by atoms with Crippen LogP contribution in [0.3, 0.4) is 0 Å². The molecule has 5 nitrogen and oxygen atoms in total. The summed E-state index contributed by atoms with van der Waals surface area (Å²) in [7, 11) is 0. The van der Waals surface area contributed by atoms with Crippen molar-refractivity contribution >= 4 is 11.8 Å². The van der Waals surface area contributed by atoms with E-state index in [-0.39, 0.29) is 12.2 Å². The summed E-state index contributed by atoms with van der Waals surface area (Å²) < 4.78 is 0. The Morgan fingerprint density at radius 2 is 1.90 bits per heavy atom. The number of primary amides is 1. The molecule has 0 aliphatic carbocycles. The van der Waals surface area contributed by atoms with Crippen molar-refractivity contribution in [2.75, 3.05) is 6.54 Å². The van der Waals surface area contributed by atoms with Crippen LogP contribution < -0.4 is 16.8 Å². The average molecular weight is 143 g/mol. The molecule has 5 N–H and O–H groups in total. The quantitative estimate of drug-likeness (QED) is 0.401. The molecule has 10 heavy (non-hydrogen) atoms. The van der Waals surface area contributed by atoms with Gasteiger partial charge in [-0.2, -0.15) is 0 Å². The summed E-state index contributed by atoms with van der Waals surface area (Å²) in [6.45, 7) is 2.93. The van der Waals surface area contributed by atoms with Gasteiger partial charge in [0.05, 0.1) is 12.2 Å². The highest BCUT2D eigenvalue weighted by molar-refractivity contribution is 5.94. The van der Waals surface area contributed by atoms with Crippen molar-refractivity contribution in [1.29, 1.82) is 0 Å². The number of nitrogens with one attached hydrogen (secondary N) is 1. The number of carbonyl (C=O) groups is 2. The molecule has 0 aliphatic rings. The summed E-state index contributed by atoms with van der Waals surface area (Å²) in [5.74, 6) is -1.19. The Hall–Kier alpha value is -1.52. The predicted molar refractivity (Wildman–Crippen MR) is 35.5 cm³/mol. The standard InChI is InChI=1S/C5H9N3O2/c1-3(6)5(10)8-2-4(7)9/h1-2,6H2,(H2,7,9)(H,8,10). The summed E-state index contributed by atoms with van der Waals surface area (Å²) in [5, 5.41) is 2.14. The Bertz CT molecular complexity index is 176. The van der Waals surface area contributed by atoms with Crippen LogP contribution >= 0.6 is 0 Å². The SMILES string of the molecule is C=C(N)C(=O)NCC(N)=O. The maximum Gasteiger partial charge on any atom is 0.266 e. The van der Waals surface area contributed by atoms with Crippen LogP contribution in [0.25, 0.3) is 0 Å². The van der Waals surface area contributed by atoms with Crippen molar-refractivity contribution in [1.82, 2.24) is 5.32 Å². The molecule has 2 amide bonds. The van der Waals surface area contributed by atoms with Crippen LogP contribution in [0, 0.1) is 0 Å². The van der Waals surface area contributed by atoms with E-state index in [1.807, 2.05) is 0 Å². The first-order valence-electron chi connectivity index (χ1n) is 2.55. The van der Waals surface area contributed by atoms with E-state index in [2.05, 4.69) is 11.9 Å². The fourth-order valence-electron chi connectivity index (χ4n) is 0.281. The maximum absolute atomic E-state index is 10.5. The van der Waals surface area contributed by atoms with Crippen molar-refractivity contribution in [2.45, 2.75) is 0 Å². The highest BCUT2D eigenvalue weighted by Gasteiger charge is 2.01. The fraction of sp³-hybridized carbons (Fsp3) is 0.200. The summed E-state index contributed by atoms with van der Waals surface area (Å²) in [4.78, 5) is 20.6. The molecule has 0 atom stereocenters. The van der Waals surface area contributed by atoms with E-state index in [1.54, 1.807) is 0 Å². The zero-order valence-electron chi connectivity index (χ0n) is 5.39. The van der Waals surface area contributed by atoms with Crippen molar-refractivity contribution in [3.05, 3.63) is 12.3 Å². The van der Waals surface area contributed by atoms with Crippen LogP contribution in [-0.4, -0.2) is 18.4 Å². The minimum atomic E-state index is -0.616. The third kappa shape index (κ3) is 3.48. The summed E-state index contributed by atoms with van der Waals surface area (Å²) in [5.41, 5.74) is 9.54. The normalized spacial score (nSPS) is 8.40. The van der Waals surface area contributed by atoms with Gasteiger partial charge in [-0.3, -0.25) is 9.59 Å². The van der Waals surface area contributed by atoms with Crippen molar-refractivity contribution in [2.24, 2.45) is 11.5 Å². The van der Waals surface area contributed by atoms with Gasteiger partial charge < -0.3 is 16.8 Å². The Morgan fingerprint density at radius 3 is 2.20 bits per heavy atom. The topological polar surface area (TPSA) is 98.2 Å². The number of hydrogen-bond donors (Lipinski definition) is 3. The largest absolute Gasteiger partial charge is 0.395 e. The molecule has 0 radical (unpaired) electrons. The van der Waals surface area contributed by atoms with Crippen LogP contribution in [0.1, 0.15) is 0 Å². The second-order valence-electron chi connectivity index (χ2n) is 1.67. The second-order valence-corrected chi connectivity index (χ2v) is 1.67. The highest BCUT2D eigenvalue weighted by atomic mass is 16.2. The summed E-state index contributed by atoms with van der Waals surface area (Å²) in [6, 6.07) is 0. The molecular weight excluding hydrogens is 134 g/mol. The Kier molecular flexibility index (Phi) is 2.96. The molecule has 0 spiro atoms. The van der Waals surface area contributed by atoms with Gasteiger partial charge in [-0.05, 0) is 0 Å². The molecule has 0 saturated heterocycles. The molecule has 0 rings (SSSR count). The second kappa shape index (κ2) is 3.49. The molecule has 0 unspecified atom stereocenters. The Labute approximate surface area is 58.1 Å². The third-order valence-electron chi connectivity index (χ3n) is 0.715. The molecule has 0 aliphatic heterocycles. The molecule has 0 saturated carbocycles. The Balaban J connectivity index is 3.60. The molecule has 0 aromatic rings. The molecule has 0 aromatic heterocycles. The monoisotopic (exact) mass is 143 g/mol. The molecule has 5 heteroatoms. The predicted octanol–water partition coefficient (Wildman–Crippen LogP) is -1.94. The fourth-order valence-corrected chi connectivity index (χ4v) is 0.281. The van der Waals surface area contributed by atoms with Gasteiger partial charge in [0.25, 0.3) is 5.91 Å². The number of rotatable bonds is 3. The van der Waals surface area contributed by atoms with E-state index >= 15 is 0 Å². The van der Waals surface area contributed by atoms with E-state index in [9.17, 15) is 9.59 Å². The van der Waals surface area contributed by atoms with Crippen LogP contribution in [0.5, 0.6) is 0 Å². The zero-order chi connectivity index (χ0) is 8.15. The van der Waals surface area contributed by atoms with Gasteiger partial charge in [0.15, 0.2) is 0 Å². The maximum atomic E-state index is 10.5. The molecule has 0 fully saturated rings. The highest BCUT2D eigenvalue weighted by Crippen LogP contribution is 1.73. The van der Waals surface area contributed by atoms with Crippen molar-refractivity contribution in [3.8, 4) is 0 Å². The van der Waals surface area contributed by atoms with E-state index < -0.39 is 11.8 Å². The zero-order valence-corrected chi connectivity index (χ0v) is 5.39. The van der Waals surface area contributed by atoms with Gasteiger partial charge >= 0.3 is 0 Å². The lowest BCUT2D eigenvalue weighted by atomic mass is 10.4. The summed E-state index contributed by atoms with van der Waals surface area (Å²) in [6.07, 6.45) is 0. The van der Waals surface area contributed by atoms with Gasteiger partial charge in [-0.1, -0.05) is 6.58 Å². The molecule has 56 valence electrons. The van der Waals surface area contributed by atoms with Gasteiger partial charge in [-0.25, -0.2) is 0 Å². The third-order valence-corrected chi connectivity index (χ3v) is 0.715. The lowest BCUT2D eigenvalue weighted by Gasteiger charge is -1.99. The molecule has 0 heterocycles. The lowest BCUT2D eigenvalue weighted by molar-refractivity contribution is -0.122. The van der Waals surface area contributed by atoms with Gasteiger partial charge in [0.2, 0.25) is 5.91 Å². The van der Waals surface area contributed by atoms with Crippen molar-refractivity contribution < 1.29 is 9.59 Å². The number of carbonyl (C=O) groups excluding carboxylic acids is 2. The summed E-state index contributed by atoms with van der Waals surface area (Å²) >= 11 is 0. The van der Waals surface area contributed by atoms with E-state index in [4.69, 9.17) is 11.5 Å². The van der Waals surface area contributed by atoms with Crippen LogP contribution in [0.2, 0.25) is 0 Å². The molecule has 0 bridgehead atoms. The molecule has 0 aromatic carbocycles. The van der Waals surface area contributed by atoms with Crippen molar-refractivity contribution in [3.63, 3.8) is 0 Å².